The number of rotatable bonds is 3. The molecule has 0 saturated carbocycles. The molecule has 0 N–H and O–H groups in total. The van der Waals surface area contributed by atoms with E-state index in [1.165, 1.54) is 11.3 Å². The second-order valence-electron chi connectivity index (χ2n) is 5.98. The molecule has 0 fully saturated rings. The minimum absolute atomic E-state index is 0.0517. The summed E-state index contributed by atoms with van der Waals surface area (Å²) in [5, 5.41) is 0. The van der Waals surface area contributed by atoms with E-state index in [-0.39, 0.29) is 11.7 Å². The molecule has 126 valence electrons. The first-order valence-electron chi connectivity index (χ1n) is 7.91. The van der Waals surface area contributed by atoms with Gasteiger partial charge in [0.1, 0.15) is 5.75 Å². The molecule has 0 aliphatic carbocycles. The number of hydrogen-bond donors (Lipinski definition) is 0. The molecule has 0 amide bonds. The van der Waals surface area contributed by atoms with Crippen LogP contribution in [0.25, 0.3) is 22.1 Å². The van der Waals surface area contributed by atoms with Crippen LogP contribution >= 0.6 is 27.3 Å². The largest absolute Gasteiger partial charge is 0.490 e. The van der Waals surface area contributed by atoms with Crippen LogP contribution in [0.2, 0.25) is 0 Å². The molecule has 25 heavy (non-hydrogen) atoms. The maximum atomic E-state index is 12.9. The number of nitrogens with zero attached hydrogens (tertiary/aromatic N) is 2. The van der Waals surface area contributed by atoms with E-state index in [0.717, 1.165) is 26.8 Å². The zero-order valence-electron chi connectivity index (χ0n) is 13.7. The molecule has 0 aliphatic rings. The third kappa shape index (κ3) is 2.96. The number of halogens is 1. The van der Waals surface area contributed by atoms with Gasteiger partial charge in [-0.25, -0.2) is 9.38 Å². The highest BCUT2D eigenvalue weighted by atomic mass is 79.9. The molecular weight excluding hydrogens is 400 g/mol. The Morgan fingerprint density at radius 3 is 2.84 bits per heavy atom. The Morgan fingerprint density at radius 1 is 1.24 bits per heavy atom. The van der Waals surface area contributed by atoms with E-state index in [2.05, 4.69) is 20.9 Å². The first-order valence-corrected chi connectivity index (χ1v) is 9.52. The molecule has 6 heteroatoms. The molecule has 4 nitrogen and oxygen atoms in total. The summed E-state index contributed by atoms with van der Waals surface area (Å²) in [5.41, 5.74) is 2.49. The second kappa shape index (κ2) is 6.28. The van der Waals surface area contributed by atoms with Crippen LogP contribution in [0.3, 0.4) is 0 Å². The van der Waals surface area contributed by atoms with Gasteiger partial charge in [-0.15, -0.1) is 0 Å². The minimum atomic E-state index is -0.0517. The number of imidazole rings is 1. The van der Waals surface area contributed by atoms with Gasteiger partial charge in [0, 0.05) is 10.0 Å². The van der Waals surface area contributed by atoms with Crippen LogP contribution in [-0.2, 0) is 0 Å². The molecule has 4 aromatic rings. The highest BCUT2D eigenvalue weighted by Gasteiger charge is 2.11. The Balaban J connectivity index is 1.94. The zero-order valence-corrected chi connectivity index (χ0v) is 16.1. The van der Waals surface area contributed by atoms with Crippen LogP contribution in [0, 0.1) is 0 Å². The van der Waals surface area contributed by atoms with Crippen molar-refractivity contribution in [2.75, 3.05) is 0 Å². The molecule has 0 spiro atoms. The van der Waals surface area contributed by atoms with Crippen LogP contribution < -0.4 is 14.8 Å². The van der Waals surface area contributed by atoms with Crippen molar-refractivity contribution in [2.45, 2.75) is 20.0 Å². The molecule has 2 aromatic heterocycles. The molecule has 0 unspecified atom stereocenters. The summed E-state index contributed by atoms with van der Waals surface area (Å²) in [6.45, 7) is 3.96. The third-order valence-corrected chi connectivity index (χ3v) is 5.23. The van der Waals surface area contributed by atoms with Crippen molar-refractivity contribution in [1.29, 1.82) is 0 Å². The molecule has 0 aliphatic heterocycles. The van der Waals surface area contributed by atoms with Crippen molar-refractivity contribution in [3.63, 3.8) is 0 Å². The summed E-state index contributed by atoms with van der Waals surface area (Å²) in [5.74, 6) is 0.758. The molecule has 0 saturated heterocycles. The van der Waals surface area contributed by atoms with Gasteiger partial charge in [-0.1, -0.05) is 39.4 Å². The summed E-state index contributed by atoms with van der Waals surface area (Å²) < 4.78 is 9.12. The predicted molar refractivity (Wildman–Crippen MR) is 106 cm³/mol. The van der Waals surface area contributed by atoms with Gasteiger partial charge in [-0.05, 0) is 50.3 Å². The van der Waals surface area contributed by atoms with E-state index < -0.39 is 0 Å². The number of hydrogen-bond acceptors (Lipinski definition) is 4. The van der Waals surface area contributed by atoms with Crippen LogP contribution in [0.15, 0.2) is 51.7 Å². The highest BCUT2D eigenvalue weighted by molar-refractivity contribution is 9.10. The lowest BCUT2D eigenvalue weighted by molar-refractivity contribution is 0.242. The molecule has 2 heterocycles. The Bertz CT molecular complexity index is 1190. The van der Waals surface area contributed by atoms with E-state index in [0.29, 0.717) is 9.49 Å². The van der Waals surface area contributed by atoms with Crippen molar-refractivity contribution in [1.82, 2.24) is 9.38 Å². The van der Waals surface area contributed by atoms with E-state index in [4.69, 9.17) is 4.74 Å². The molecule has 0 bridgehead atoms. The lowest BCUT2D eigenvalue weighted by Gasteiger charge is -2.12. The number of thiazole rings is 1. The maximum Gasteiger partial charge on any atom is 0.274 e. The van der Waals surface area contributed by atoms with Crippen LogP contribution in [0.4, 0.5) is 0 Å². The van der Waals surface area contributed by atoms with Gasteiger partial charge in [-0.3, -0.25) is 4.79 Å². The minimum Gasteiger partial charge on any atom is -0.490 e. The number of benzene rings is 2. The summed E-state index contributed by atoms with van der Waals surface area (Å²) in [4.78, 5) is 18.1. The smallest absolute Gasteiger partial charge is 0.274 e. The van der Waals surface area contributed by atoms with E-state index >= 15 is 0 Å². The molecule has 0 atom stereocenters. The van der Waals surface area contributed by atoms with Crippen molar-refractivity contribution in [3.05, 3.63) is 67.4 Å². The molecule has 0 radical (unpaired) electrons. The summed E-state index contributed by atoms with van der Waals surface area (Å²) in [7, 11) is 0. The SMILES string of the molecule is CC(C)Oc1ccc(Br)cc1/C=c1\sc2nc3ccccc3n2c1=O. The first-order chi connectivity index (χ1) is 12.0. The molecule has 4 rings (SSSR count). The van der Waals surface area contributed by atoms with Gasteiger partial charge in [0.05, 0.1) is 21.7 Å². The normalized spacial score (nSPS) is 12.6. The van der Waals surface area contributed by atoms with Crippen molar-refractivity contribution in [2.24, 2.45) is 0 Å². The third-order valence-electron chi connectivity index (χ3n) is 3.77. The highest BCUT2D eigenvalue weighted by Crippen LogP contribution is 2.25. The van der Waals surface area contributed by atoms with Crippen molar-refractivity contribution in [3.8, 4) is 5.75 Å². The Kier molecular flexibility index (Phi) is 4.09. The van der Waals surface area contributed by atoms with E-state index in [9.17, 15) is 4.79 Å². The van der Waals surface area contributed by atoms with Gasteiger partial charge < -0.3 is 4.74 Å². The number of para-hydroxylation sites is 2. The number of ether oxygens (including phenoxy) is 1. The molecular formula is C19H15BrN2O2S. The van der Waals surface area contributed by atoms with E-state index in [1.807, 2.05) is 62.4 Å². The fraction of sp³-hybridized carbons (Fsp3) is 0.158. The van der Waals surface area contributed by atoms with E-state index in [1.54, 1.807) is 4.40 Å². The van der Waals surface area contributed by atoms with Gasteiger partial charge in [0.25, 0.3) is 5.56 Å². The molecule has 2 aromatic carbocycles. The van der Waals surface area contributed by atoms with Gasteiger partial charge in [-0.2, -0.15) is 0 Å². The average molecular weight is 415 g/mol. The number of fused-ring (bicyclic) bond motifs is 3. The summed E-state index contributed by atoms with van der Waals surface area (Å²) in [6.07, 6.45) is 1.93. The summed E-state index contributed by atoms with van der Waals surface area (Å²) in [6, 6.07) is 13.5. The number of aromatic nitrogens is 2. The maximum absolute atomic E-state index is 12.9. The monoisotopic (exact) mass is 414 g/mol. The summed E-state index contributed by atoms with van der Waals surface area (Å²) >= 11 is 4.88. The Hall–Kier alpha value is -2.18. The van der Waals surface area contributed by atoms with Gasteiger partial charge in [0.15, 0.2) is 4.96 Å². The standard InChI is InChI=1S/C19H15BrN2O2S/c1-11(2)24-16-8-7-13(20)9-12(16)10-17-18(23)22-15-6-4-3-5-14(15)21-19(22)25-17/h3-11H,1-2H3/b17-10-. The lowest BCUT2D eigenvalue weighted by atomic mass is 10.2. The zero-order chi connectivity index (χ0) is 17.6. The fourth-order valence-electron chi connectivity index (χ4n) is 2.75. The van der Waals surface area contributed by atoms with Gasteiger partial charge >= 0.3 is 0 Å². The average Bonchev–Trinajstić information content (AvgIpc) is 3.07. The van der Waals surface area contributed by atoms with Gasteiger partial charge in [0.2, 0.25) is 0 Å². The quantitative estimate of drug-likeness (QED) is 0.508. The van der Waals surface area contributed by atoms with Crippen LogP contribution in [0.1, 0.15) is 19.4 Å². The Morgan fingerprint density at radius 2 is 2.04 bits per heavy atom. The first kappa shape index (κ1) is 16.3. The van der Waals surface area contributed by atoms with Crippen LogP contribution in [-0.4, -0.2) is 15.5 Å². The topological polar surface area (TPSA) is 43.6 Å². The Labute approximate surface area is 156 Å². The second-order valence-corrected chi connectivity index (χ2v) is 7.91. The van der Waals surface area contributed by atoms with Crippen LogP contribution in [0.5, 0.6) is 5.75 Å². The van der Waals surface area contributed by atoms with Crippen molar-refractivity contribution >= 4 is 49.3 Å². The lowest BCUT2D eigenvalue weighted by Crippen LogP contribution is -2.22. The predicted octanol–water partition coefficient (Wildman–Crippen LogP) is 4.01. The fourth-order valence-corrected chi connectivity index (χ4v) is 4.10. The van der Waals surface area contributed by atoms with Crippen molar-refractivity contribution < 1.29 is 4.74 Å².